The number of hydrogen-bond donors (Lipinski definition) is 0. The lowest BCUT2D eigenvalue weighted by atomic mass is 10.2. The van der Waals surface area contributed by atoms with Gasteiger partial charge in [-0.05, 0) is 18.6 Å². The van der Waals surface area contributed by atoms with Crippen molar-refractivity contribution in [3.63, 3.8) is 0 Å². The van der Waals surface area contributed by atoms with Crippen LogP contribution in [0.25, 0.3) is 0 Å². The highest BCUT2D eigenvalue weighted by Crippen LogP contribution is 2.15. The lowest BCUT2D eigenvalue weighted by Gasteiger charge is -2.12. The summed E-state index contributed by atoms with van der Waals surface area (Å²) >= 11 is 1.21. The molecule has 0 aliphatic heterocycles. The van der Waals surface area contributed by atoms with Gasteiger partial charge in [0.25, 0.3) is 0 Å². The highest BCUT2D eigenvalue weighted by Gasteiger charge is 2.15. The van der Waals surface area contributed by atoms with Gasteiger partial charge < -0.3 is 4.74 Å². The van der Waals surface area contributed by atoms with Gasteiger partial charge in [-0.1, -0.05) is 13.8 Å². The van der Waals surface area contributed by atoms with Gasteiger partial charge in [0.2, 0.25) is 6.43 Å². The Bertz CT molecular complexity index is 186. The van der Waals surface area contributed by atoms with Crippen molar-refractivity contribution in [2.45, 2.75) is 38.9 Å². The Kier molecular flexibility index (Phi) is 7.74. The first-order chi connectivity index (χ1) is 6.93. The summed E-state index contributed by atoms with van der Waals surface area (Å²) in [4.78, 5) is 11.3. The number of thioether (sulfide) groups is 1. The molecule has 0 spiro atoms. The van der Waals surface area contributed by atoms with E-state index in [1.807, 2.05) is 13.8 Å². The second-order valence-corrected chi connectivity index (χ2v) is 5.17. The number of esters is 1. The van der Waals surface area contributed by atoms with E-state index in [4.69, 9.17) is 4.74 Å². The van der Waals surface area contributed by atoms with Gasteiger partial charge in [-0.25, -0.2) is 8.78 Å². The van der Waals surface area contributed by atoms with Crippen molar-refractivity contribution in [1.29, 1.82) is 0 Å². The fraction of sp³-hybridized carbons (Fsp3) is 0.900. The molecule has 0 rings (SSSR count). The van der Waals surface area contributed by atoms with Gasteiger partial charge in [-0.3, -0.25) is 4.79 Å². The Labute approximate surface area is 93.8 Å². The third-order valence-electron chi connectivity index (χ3n) is 1.59. The Morgan fingerprint density at radius 2 is 1.93 bits per heavy atom. The maximum Gasteiger partial charge on any atom is 0.318 e. The normalized spacial score (nSPS) is 13.3. The lowest BCUT2D eigenvalue weighted by Crippen LogP contribution is -2.20. The topological polar surface area (TPSA) is 26.3 Å². The van der Waals surface area contributed by atoms with Crippen molar-refractivity contribution in [3.8, 4) is 0 Å². The van der Waals surface area contributed by atoms with Crippen LogP contribution in [0.15, 0.2) is 0 Å². The molecule has 15 heavy (non-hydrogen) atoms. The summed E-state index contributed by atoms with van der Waals surface area (Å²) in [6, 6.07) is 0. The SMILES string of the molecule is CC(C)COC(=O)C(C)SCCC(F)F. The van der Waals surface area contributed by atoms with Crippen molar-refractivity contribution >= 4 is 17.7 Å². The van der Waals surface area contributed by atoms with Gasteiger partial charge in [0, 0.05) is 6.42 Å². The van der Waals surface area contributed by atoms with Crippen molar-refractivity contribution in [1.82, 2.24) is 0 Å². The molecular weight excluding hydrogens is 222 g/mol. The number of hydrogen-bond acceptors (Lipinski definition) is 3. The van der Waals surface area contributed by atoms with Crippen LogP contribution in [0.2, 0.25) is 0 Å². The zero-order valence-electron chi connectivity index (χ0n) is 9.33. The molecule has 0 heterocycles. The Balaban J connectivity index is 3.60. The third-order valence-corrected chi connectivity index (χ3v) is 2.76. The van der Waals surface area contributed by atoms with E-state index in [9.17, 15) is 13.6 Å². The molecule has 5 heteroatoms. The molecule has 0 radical (unpaired) electrons. The van der Waals surface area contributed by atoms with Crippen LogP contribution in [0.5, 0.6) is 0 Å². The first-order valence-corrected chi connectivity index (χ1v) is 6.04. The molecule has 0 aliphatic carbocycles. The minimum Gasteiger partial charge on any atom is -0.465 e. The molecule has 2 nitrogen and oxygen atoms in total. The average molecular weight is 240 g/mol. The predicted molar refractivity (Wildman–Crippen MR) is 58.3 cm³/mol. The molecule has 0 aliphatic rings. The van der Waals surface area contributed by atoms with E-state index in [2.05, 4.69) is 0 Å². The Hall–Kier alpha value is -0.320. The van der Waals surface area contributed by atoms with Gasteiger partial charge >= 0.3 is 5.97 Å². The summed E-state index contributed by atoms with van der Waals surface area (Å²) in [7, 11) is 0. The van der Waals surface area contributed by atoms with E-state index < -0.39 is 6.43 Å². The zero-order chi connectivity index (χ0) is 11.8. The van der Waals surface area contributed by atoms with E-state index >= 15 is 0 Å². The quantitative estimate of drug-likeness (QED) is 0.640. The monoisotopic (exact) mass is 240 g/mol. The Morgan fingerprint density at radius 3 is 2.40 bits per heavy atom. The van der Waals surface area contributed by atoms with Gasteiger partial charge in [0.1, 0.15) is 0 Å². The number of carbonyl (C=O) groups excluding carboxylic acids is 1. The molecule has 1 atom stereocenters. The molecule has 0 fully saturated rings. The summed E-state index contributed by atoms with van der Waals surface area (Å²) in [5, 5.41) is -0.359. The van der Waals surface area contributed by atoms with Gasteiger partial charge in [-0.2, -0.15) is 0 Å². The van der Waals surface area contributed by atoms with Crippen LogP contribution in [0.4, 0.5) is 8.78 Å². The minimum absolute atomic E-state index is 0.174. The van der Waals surface area contributed by atoms with E-state index in [-0.39, 0.29) is 23.4 Å². The van der Waals surface area contributed by atoms with Crippen LogP contribution >= 0.6 is 11.8 Å². The molecule has 0 amide bonds. The molecule has 90 valence electrons. The van der Waals surface area contributed by atoms with Crippen molar-refractivity contribution in [3.05, 3.63) is 0 Å². The standard InChI is InChI=1S/C10H18F2O2S/c1-7(2)6-14-10(13)8(3)15-5-4-9(11)12/h7-9H,4-6H2,1-3H3. The fourth-order valence-corrected chi connectivity index (χ4v) is 1.64. The van der Waals surface area contributed by atoms with Gasteiger partial charge in [-0.15, -0.1) is 11.8 Å². The second-order valence-electron chi connectivity index (χ2n) is 3.72. The number of ether oxygens (including phenoxy) is 1. The highest BCUT2D eigenvalue weighted by molar-refractivity contribution is 8.00. The van der Waals surface area contributed by atoms with Crippen LogP contribution < -0.4 is 0 Å². The predicted octanol–water partition coefficient (Wildman–Crippen LogP) is 2.96. The van der Waals surface area contributed by atoms with Crippen LogP contribution in [-0.2, 0) is 9.53 Å². The van der Waals surface area contributed by atoms with Crippen molar-refractivity contribution in [2.75, 3.05) is 12.4 Å². The first-order valence-electron chi connectivity index (χ1n) is 4.99. The summed E-state index contributed by atoms with van der Waals surface area (Å²) in [6.07, 6.45) is -2.47. The average Bonchev–Trinajstić information content (AvgIpc) is 2.13. The molecule has 0 bridgehead atoms. The summed E-state index contributed by atoms with van der Waals surface area (Å²) in [5.41, 5.74) is 0. The second kappa shape index (κ2) is 7.91. The van der Waals surface area contributed by atoms with Crippen molar-refractivity contribution < 1.29 is 18.3 Å². The molecule has 0 aromatic heterocycles. The molecular formula is C10H18F2O2S. The van der Waals surface area contributed by atoms with E-state index in [0.29, 0.717) is 12.5 Å². The summed E-state index contributed by atoms with van der Waals surface area (Å²) in [5.74, 6) is 0.269. The van der Waals surface area contributed by atoms with Gasteiger partial charge in [0.15, 0.2) is 0 Å². The van der Waals surface area contributed by atoms with Crippen LogP contribution in [-0.4, -0.2) is 30.0 Å². The first kappa shape index (κ1) is 14.7. The molecule has 0 aromatic rings. The molecule has 0 saturated heterocycles. The van der Waals surface area contributed by atoms with E-state index in [1.54, 1.807) is 6.92 Å². The summed E-state index contributed by atoms with van der Waals surface area (Å²) in [6.45, 7) is 5.96. The zero-order valence-corrected chi connectivity index (χ0v) is 10.2. The maximum atomic E-state index is 11.8. The highest BCUT2D eigenvalue weighted by atomic mass is 32.2. The molecule has 0 N–H and O–H groups in total. The van der Waals surface area contributed by atoms with E-state index in [0.717, 1.165) is 0 Å². The Morgan fingerprint density at radius 1 is 1.33 bits per heavy atom. The van der Waals surface area contributed by atoms with Crippen LogP contribution in [0.1, 0.15) is 27.2 Å². The summed E-state index contributed by atoms with van der Waals surface area (Å²) < 4.78 is 28.6. The minimum atomic E-state index is -2.30. The number of halogens is 2. The molecule has 1 unspecified atom stereocenters. The number of alkyl halides is 2. The van der Waals surface area contributed by atoms with Crippen LogP contribution in [0, 0.1) is 5.92 Å². The van der Waals surface area contributed by atoms with Gasteiger partial charge in [0.05, 0.1) is 11.9 Å². The maximum absolute atomic E-state index is 11.8. The number of carbonyl (C=O) groups is 1. The molecule has 0 saturated carbocycles. The lowest BCUT2D eigenvalue weighted by molar-refractivity contribution is -0.143. The molecule has 0 aromatic carbocycles. The number of rotatable bonds is 7. The largest absolute Gasteiger partial charge is 0.465 e. The van der Waals surface area contributed by atoms with Crippen LogP contribution in [0.3, 0.4) is 0 Å². The smallest absolute Gasteiger partial charge is 0.318 e. The van der Waals surface area contributed by atoms with E-state index in [1.165, 1.54) is 11.8 Å². The fourth-order valence-electron chi connectivity index (χ4n) is 0.768. The van der Waals surface area contributed by atoms with Crippen molar-refractivity contribution in [2.24, 2.45) is 5.92 Å². The third kappa shape index (κ3) is 8.66.